The van der Waals surface area contributed by atoms with Crippen molar-refractivity contribution >= 4 is 67.9 Å². The van der Waals surface area contributed by atoms with E-state index < -0.39 is 27.7 Å². The van der Waals surface area contributed by atoms with E-state index in [9.17, 15) is 26.4 Å². The summed E-state index contributed by atoms with van der Waals surface area (Å²) in [5.74, 6) is -2.39. The van der Waals surface area contributed by atoms with Gasteiger partial charge in [-0.25, -0.2) is 23.2 Å². The standard InChI is InChI=1S/C35H48Cl2N10O4S.C2HF3O2/c1-23-10-11-24-7-6-9-28(31(24)43-23)51-22-26-27(36)12-13-29(30(26)37)52(49,50)45-35(14-3-4-15-35)32(48)47-19-17-46(18-20-47)21-25(44-34(40)41)8-2-5-16-42-33(38)39;3-2(4,5)1(6)7/h6-7,9-13,25,45H,2-5,8,14-22H2,1H3,(H4,38,39,42)(H4,40,41,44);(H,6,7)/t25-;/m1./s1. The van der Waals surface area contributed by atoms with Gasteiger partial charge in [0.1, 0.15) is 28.3 Å². The summed E-state index contributed by atoms with van der Waals surface area (Å²) in [6, 6.07) is 12.2. The van der Waals surface area contributed by atoms with Gasteiger partial charge in [0, 0.05) is 60.9 Å². The molecule has 0 unspecified atom stereocenters. The van der Waals surface area contributed by atoms with Gasteiger partial charge in [-0.2, -0.15) is 17.9 Å². The van der Waals surface area contributed by atoms with Crippen LogP contribution in [0.2, 0.25) is 10.0 Å². The fourth-order valence-electron chi connectivity index (χ4n) is 6.89. The van der Waals surface area contributed by atoms with Crippen molar-refractivity contribution in [1.82, 2.24) is 19.5 Å². The number of carboxylic acids is 1. The third-order valence-corrected chi connectivity index (χ3v) is 12.2. The van der Waals surface area contributed by atoms with Gasteiger partial charge in [-0.3, -0.25) is 14.7 Å². The summed E-state index contributed by atoms with van der Waals surface area (Å²) in [7, 11) is -4.26. The normalized spacial score (nSPS) is 16.1. The van der Waals surface area contributed by atoms with E-state index in [1.807, 2.05) is 31.2 Å². The maximum Gasteiger partial charge on any atom is 0.490 e. The molecule has 324 valence electrons. The maximum atomic E-state index is 14.2. The summed E-state index contributed by atoms with van der Waals surface area (Å²) < 4.78 is 68.7. The predicted octanol–water partition coefficient (Wildman–Crippen LogP) is 3.88. The summed E-state index contributed by atoms with van der Waals surface area (Å²) >= 11 is 13.3. The lowest BCUT2D eigenvalue weighted by Gasteiger charge is -2.40. The van der Waals surface area contributed by atoms with Crippen molar-refractivity contribution in [3.8, 4) is 5.75 Å². The first kappa shape index (κ1) is 47.1. The molecule has 16 nitrogen and oxygen atoms in total. The molecule has 5 rings (SSSR count). The summed E-state index contributed by atoms with van der Waals surface area (Å²) in [6.07, 6.45) is -0.504. The number of ether oxygens (including phenoxy) is 1. The number of aryl methyl sites for hydroxylation is 1. The number of benzene rings is 2. The van der Waals surface area contributed by atoms with Gasteiger partial charge in [-0.1, -0.05) is 54.2 Å². The number of unbranched alkanes of at least 4 members (excludes halogenated alkanes) is 1. The van der Waals surface area contributed by atoms with Crippen molar-refractivity contribution in [2.75, 3.05) is 39.3 Å². The zero-order chi connectivity index (χ0) is 43.5. The molecule has 59 heavy (non-hydrogen) atoms. The maximum absolute atomic E-state index is 14.2. The predicted molar refractivity (Wildman–Crippen MR) is 220 cm³/mol. The van der Waals surface area contributed by atoms with Crippen LogP contribution in [-0.2, 0) is 26.2 Å². The fourth-order valence-corrected chi connectivity index (χ4v) is 9.20. The molecule has 1 saturated carbocycles. The zero-order valence-corrected chi connectivity index (χ0v) is 34.7. The van der Waals surface area contributed by atoms with Crippen LogP contribution in [0, 0.1) is 6.92 Å². The summed E-state index contributed by atoms with van der Waals surface area (Å²) in [5, 5.41) is 8.22. The molecule has 0 radical (unpaired) electrons. The number of nitrogens with two attached hydrogens (primary N) is 4. The highest BCUT2D eigenvalue weighted by atomic mass is 35.5. The highest BCUT2D eigenvalue weighted by Crippen LogP contribution is 2.37. The number of carbonyl (C=O) groups is 2. The Bertz CT molecular complexity index is 2120. The molecule has 1 aliphatic carbocycles. The summed E-state index contributed by atoms with van der Waals surface area (Å²) in [6.45, 7) is 5.02. The van der Waals surface area contributed by atoms with Gasteiger partial charge in [0.25, 0.3) is 0 Å². The minimum Gasteiger partial charge on any atom is -0.487 e. The number of nitrogens with zero attached hydrogens (tertiary/aromatic N) is 5. The van der Waals surface area contributed by atoms with Crippen molar-refractivity contribution in [3.63, 3.8) is 0 Å². The van der Waals surface area contributed by atoms with Gasteiger partial charge in [-0.15, -0.1) is 0 Å². The molecule has 2 aromatic carbocycles. The van der Waals surface area contributed by atoms with Crippen molar-refractivity contribution < 1.29 is 41.0 Å². The van der Waals surface area contributed by atoms with Crippen LogP contribution in [0.25, 0.3) is 10.9 Å². The largest absolute Gasteiger partial charge is 0.490 e. The van der Waals surface area contributed by atoms with E-state index in [0.717, 1.165) is 30.3 Å². The highest BCUT2D eigenvalue weighted by Gasteiger charge is 2.47. The molecule has 2 fully saturated rings. The lowest BCUT2D eigenvalue weighted by atomic mass is 9.96. The van der Waals surface area contributed by atoms with Gasteiger partial charge in [0.05, 0.1) is 11.1 Å². The van der Waals surface area contributed by atoms with Gasteiger partial charge in [0.2, 0.25) is 15.9 Å². The lowest BCUT2D eigenvalue weighted by molar-refractivity contribution is -0.192. The van der Waals surface area contributed by atoms with Crippen LogP contribution >= 0.6 is 23.2 Å². The number of para-hydroxylation sites is 1. The first-order valence-corrected chi connectivity index (χ1v) is 20.9. The Morgan fingerprint density at radius 2 is 1.66 bits per heavy atom. The number of hydrogen-bond donors (Lipinski definition) is 6. The molecule has 1 saturated heterocycles. The van der Waals surface area contributed by atoms with Gasteiger partial charge < -0.3 is 37.7 Å². The topological polar surface area (TPSA) is 258 Å². The van der Waals surface area contributed by atoms with E-state index in [2.05, 4.69) is 24.6 Å². The molecule has 1 aliphatic heterocycles. The first-order chi connectivity index (χ1) is 27.7. The number of carboxylic acid groups (broad SMARTS) is 1. The number of nitrogens with one attached hydrogen (secondary N) is 1. The van der Waals surface area contributed by atoms with Crippen LogP contribution in [0.3, 0.4) is 0 Å². The van der Waals surface area contributed by atoms with Crippen LogP contribution in [0.5, 0.6) is 5.75 Å². The highest BCUT2D eigenvalue weighted by molar-refractivity contribution is 7.89. The minimum atomic E-state index is -5.08. The smallest absolute Gasteiger partial charge is 0.487 e. The molecule has 0 bridgehead atoms. The molecule has 1 amide bonds. The van der Waals surface area contributed by atoms with Crippen LogP contribution in [0.4, 0.5) is 13.2 Å². The number of aliphatic carboxylic acids is 1. The van der Waals surface area contributed by atoms with Crippen LogP contribution in [0.1, 0.15) is 56.2 Å². The fraction of sp³-hybridized carbons (Fsp3) is 0.486. The average molecular weight is 890 g/mol. The number of piperazine rings is 1. The Morgan fingerprint density at radius 3 is 2.27 bits per heavy atom. The molecule has 2 heterocycles. The third kappa shape index (κ3) is 13.2. The average Bonchev–Trinajstić information content (AvgIpc) is 3.62. The Hall–Kier alpha value is -4.63. The second-order valence-corrected chi connectivity index (χ2v) is 16.6. The van der Waals surface area contributed by atoms with E-state index in [1.165, 1.54) is 12.1 Å². The third-order valence-electron chi connectivity index (χ3n) is 9.77. The quantitative estimate of drug-likeness (QED) is 0.0722. The monoisotopic (exact) mass is 888 g/mol. The van der Waals surface area contributed by atoms with Crippen molar-refractivity contribution in [3.05, 3.63) is 63.8 Å². The molecular formula is C37H49Cl2F3N10O6S. The van der Waals surface area contributed by atoms with Gasteiger partial charge in [-0.05, 0) is 63.3 Å². The Balaban J connectivity index is 0.00000101. The number of guanidine groups is 2. The molecule has 2 aliphatic rings. The van der Waals surface area contributed by atoms with Crippen molar-refractivity contribution in [2.24, 2.45) is 32.9 Å². The number of alkyl halides is 3. The number of fused-ring (bicyclic) bond motifs is 1. The molecule has 0 spiro atoms. The number of pyridine rings is 1. The summed E-state index contributed by atoms with van der Waals surface area (Å²) in [4.78, 5) is 39.9. The number of aliphatic imine (C=N–C) groups is 2. The molecule has 1 aromatic heterocycles. The molecule has 3 aromatic rings. The van der Waals surface area contributed by atoms with Crippen molar-refractivity contribution in [2.45, 2.75) is 81.1 Å². The molecule has 1 atom stereocenters. The number of sulfonamides is 1. The number of hydrogen-bond acceptors (Lipinski definition) is 9. The second-order valence-electron chi connectivity index (χ2n) is 14.2. The Labute approximate surface area is 350 Å². The number of aromatic nitrogens is 1. The summed E-state index contributed by atoms with van der Waals surface area (Å²) in [5.41, 5.74) is 22.8. The molecule has 10 N–H and O–H groups in total. The zero-order valence-electron chi connectivity index (χ0n) is 32.4. The Kier molecular flexibility index (Phi) is 16.4. The van der Waals surface area contributed by atoms with Crippen LogP contribution < -0.4 is 32.4 Å². The van der Waals surface area contributed by atoms with E-state index >= 15 is 0 Å². The van der Waals surface area contributed by atoms with Gasteiger partial charge in [0.15, 0.2) is 11.9 Å². The van der Waals surface area contributed by atoms with Crippen LogP contribution in [0.15, 0.2) is 57.3 Å². The van der Waals surface area contributed by atoms with E-state index in [1.54, 1.807) is 11.0 Å². The van der Waals surface area contributed by atoms with E-state index in [4.69, 9.17) is 60.8 Å². The number of rotatable bonds is 15. The second kappa shape index (κ2) is 20.6. The number of carbonyl (C=O) groups excluding carboxylic acids is 1. The first-order valence-electron chi connectivity index (χ1n) is 18.7. The Morgan fingerprint density at radius 1 is 1.00 bits per heavy atom. The molecule has 22 heteroatoms. The van der Waals surface area contributed by atoms with Gasteiger partial charge >= 0.3 is 12.1 Å². The SMILES string of the molecule is Cc1ccc2cccc(OCc3c(Cl)ccc(S(=O)(=O)NC4(C(=O)N5CCN(C[C@@H](CCCCN=C(N)N)N=C(N)N)CC5)CCCC4)c3Cl)c2n1.O=C(O)C(F)(F)F. The number of halogens is 5. The molecular weight excluding hydrogens is 840 g/mol. The minimum absolute atomic E-state index is 0.0242. The van der Waals surface area contributed by atoms with Crippen LogP contribution in [-0.4, -0.2) is 109 Å². The number of amides is 1. The van der Waals surface area contributed by atoms with Crippen molar-refractivity contribution in [1.29, 1.82) is 0 Å². The van der Waals surface area contributed by atoms with E-state index in [0.29, 0.717) is 81.8 Å². The lowest BCUT2D eigenvalue weighted by Crippen LogP contribution is -2.61. The van der Waals surface area contributed by atoms with E-state index in [-0.39, 0.29) is 45.4 Å².